The first-order valence-electron chi connectivity index (χ1n) is 11.3. The Kier molecular flexibility index (Phi) is 5.44. The molecule has 0 saturated carbocycles. The lowest BCUT2D eigenvalue weighted by molar-refractivity contribution is -0.116. The number of hydrazone groups is 1. The quantitative estimate of drug-likeness (QED) is 0.699. The van der Waals surface area contributed by atoms with Gasteiger partial charge in [-0.15, -0.1) is 0 Å². The summed E-state index contributed by atoms with van der Waals surface area (Å²) in [5.74, 6) is 0.498. The third-order valence-corrected chi connectivity index (χ3v) is 7.92. The number of carbonyl (C=O) groups excluding carboxylic acids is 1. The second-order valence-electron chi connectivity index (χ2n) is 8.68. The van der Waals surface area contributed by atoms with Crippen LogP contribution in [0.2, 0.25) is 5.02 Å². The van der Waals surface area contributed by atoms with E-state index in [-0.39, 0.29) is 24.2 Å². The number of halogens is 1. The predicted octanol–water partition coefficient (Wildman–Crippen LogP) is 3.66. The normalized spacial score (nSPS) is 25.3. The van der Waals surface area contributed by atoms with Crippen molar-refractivity contribution in [1.29, 1.82) is 0 Å². The fourth-order valence-corrected chi connectivity index (χ4v) is 6.03. The molecule has 3 atom stereocenters. The molecule has 2 aromatic rings. The number of anilines is 1. The first-order valence-corrected chi connectivity index (χ1v) is 12.6. The highest BCUT2D eigenvalue weighted by molar-refractivity contribution is 8.14. The van der Waals surface area contributed by atoms with Gasteiger partial charge in [-0.05, 0) is 48.6 Å². The monoisotopic (exact) mass is 480 g/mol. The lowest BCUT2D eigenvalue weighted by Gasteiger charge is -2.36. The van der Waals surface area contributed by atoms with Crippen molar-refractivity contribution >= 4 is 40.1 Å². The van der Waals surface area contributed by atoms with E-state index in [1.807, 2.05) is 41.4 Å². The van der Waals surface area contributed by atoms with Gasteiger partial charge in [0.2, 0.25) is 5.91 Å². The number of aryl methyl sites for hydroxylation is 1. The Morgan fingerprint density at radius 3 is 2.88 bits per heavy atom. The molecule has 0 aromatic heterocycles. The molecule has 33 heavy (non-hydrogen) atoms. The predicted molar refractivity (Wildman–Crippen MR) is 132 cm³/mol. The minimum atomic E-state index is 0.0353. The van der Waals surface area contributed by atoms with Gasteiger partial charge in [0.05, 0.1) is 17.8 Å². The maximum atomic E-state index is 13.0. The summed E-state index contributed by atoms with van der Waals surface area (Å²) in [6, 6.07) is 16.7. The van der Waals surface area contributed by atoms with E-state index >= 15 is 0 Å². The SMILES string of the molecule is O=C(CSC1=NNC2C3CC(c4ccc(Cl)cc4)NN3C=CN12)N1CCCc2ccccc21. The average Bonchev–Trinajstić information content (AvgIpc) is 3.46. The highest BCUT2D eigenvalue weighted by Crippen LogP contribution is 2.35. The summed E-state index contributed by atoms with van der Waals surface area (Å²) < 4.78 is 0. The molecule has 1 fully saturated rings. The Balaban J connectivity index is 1.10. The number of fused-ring (bicyclic) bond motifs is 4. The number of nitrogens with one attached hydrogen (secondary N) is 2. The molecule has 4 aliphatic heterocycles. The highest BCUT2D eigenvalue weighted by Gasteiger charge is 2.44. The molecular formula is C24H25ClN6OS. The zero-order chi connectivity index (χ0) is 22.4. The van der Waals surface area contributed by atoms with E-state index in [0.717, 1.165) is 41.7 Å². The summed E-state index contributed by atoms with van der Waals surface area (Å²) in [5, 5.41) is 8.32. The molecule has 0 spiro atoms. The summed E-state index contributed by atoms with van der Waals surface area (Å²) in [5.41, 5.74) is 10.4. The van der Waals surface area contributed by atoms with Crippen molar-refractivity contribution < 1.29 is 4.79 Å². The highest BCUT2D eigenvalue weighted by atomic mass is 35.5. The van der Waals surface area contributed by atoms with Crippen LogP contribution < -0.4 is 15.8 Å². The minimum Gasteiger partial charge on any atom is -0.311 e. The Morgan fingerprint density at radius 2 is 2.00 bits per heavy atom. The number of hydrogen-bond acceptors (Lipinski definition) is 7. The second kappa shape index (κ2) is 8.59. The number of para-hydroxylation sites is 1. The van der Waals surface area contributed by atoms with Gasteiger partial charge in [-0.3, -0.25) is 10.2 Å². The van der Waals surface area contributed by atoms with Crippen LogP contribution in [-0.4, -0.2) is 45.5 Å². The average molecular weight is 481 g/mol. The first-order chi connectivity index (χ1) is 16.2. The Morgan fingerprint density at radius 1 is 1.15 bits per heavy atom. The van der Waals surface area contributed by atoms with E-state index in [9.17, 15) is 4.79 Å². The topological polar surface area (TPSA) is 63.2 Å². The standard InChI is InChI=1S/C24H25ClN6OS/c25-18-9-7-16(8-10-18)19-14-21-23-26-27-24(30(23)12-13-31(21)28-19)33-15-22(32)29-11-3-5-17-4-1-2-6-20(17)29/h1-2,4,6-10,12-13,19,21,23,26,28H,3,5,11,14-15H2. The molecule has 3 unspecified atom stereocenters. The van der Waals surface area contributed by atoms with Crippen molar-refractivity contribution in [3.05, 3.63) is 77.1 Å². The van der Waals surface area contributed by atoms with Gasteiger partial charge in [-0.25, -0.2) is 5.43 Å². The van der Waals surface area contributed by atoms with Crippen molar-refractivity contribution in [1.82, 2.24) is 20.8 Å². The third-order valence-electron chi connectivity index (χ3n) is 6.71. The number of hydrazine groups is 1. The second-order valence-corrected chi connectivity index (χ2v) is 10.1. The summed E-state index contributed by atoms with van der Waals surface area (Å²) in [4.78, 5) is 17.1. The third kappa shape index (κ3) is 3.86. The smallest absolute Gasteiger partial charge is 0.237 e. The Bertz CT molecular complexity index is 1120. The lowest BCUT2D eigenvalue weighted by atomic mass is 10.00. The summed E-state index contributed by atoms with van der Waals surface area (Å²) >= 11 is 7.55. The summed E-state index contributed by atoms with van der Waals surface area (Å²) in [6.45, 7) is 0.780. The molecule has 4 heterocycles. The number of thioether (sulfide) groups is 1. The number of rotatable bonds is 3. The van der Waals surface area contributed by atoms with Gasteiger partial charge >= 0.3 is 0 Å². The van der Waals surface area contributed by atoms with Crippen LogP contribution in [0.4, 0.5) is 5.69 Å². The van der Waals surface area contributed by atoms with Crippen LogP contribution in [0.1, 0.15) is 30.0 Å². The molecule has 6 rings (SSSR count). The van der Waals surface area contributed by atoms with E-state index in [1.165, 1.54) is 22.9 Å². The number of benzene rings is 2. The molecular weight excluding hydrogens is 456 g/mol. The summed E-state index contributed by atoms with van der Waals surface area (Å²) in [6.07, 6.45) is 7.11. The minimum absolute atomic E-state index is 0.0353. The van der Waals surface area contributed by atoms with Crippen molar-refractivity contribution in [2.45, 2.75) is 37.5 Å². The van der Waals surface area contributed by atoms with Crippen LogP contribution in [0.15, 0.2) is 66.0 Å². The molecule has 0 bridgehead atoms. The molecule has 1 amide bonds. The molecule has 2 aromatic carbocycles. The van der Waals surface area contributed by atoms with Crippen LogP contribution in [0, 0.1) is 0 Å². The molecule has 4 aliphatic rings. The van der Waals surface area contributed by atoms with E-state index in [1.54, 1.807) is 0 Å². The molecule has 170 valence electrons. The van der Waals surface area contributed by atoms with Gasteiger partial charge < -0.3 is 14.8 Å². The van der Waals surface area contributed by atoms with Crippen molar-refractivity contribution in [3.63, 3.8) is 0 Å². The van der Waals surface area contributed by atoms with E-state index < -0.39 is 0 Å². The number of hydrogen-bond donors (Lipinski definition) is 2. The zero-order valence-electron chi connectivity index (χ0n) is 18.0. The lowest BCUT2D eigenvalue weighted by Crippen LogP contribution is -2.54. The number of nitrogens with zero attached hydrogens (tertiary/aromatic N) is 4. The Labute approximate surface area is 202 Å². The fraction of sp³-hybridized carbons (Fsp3) is 0.333. The molecule has 0 radical (unpaired) electrons. The van der Waals surface area contributed by atoms with E-state index in [4.69, 9.17) is 11.6 Å². The Hall–Kier alpha value is -2.68. The number of amidine groups is 1. The van der Waals surface area contributed by atoms with Crippen LogP contribution in [0.25, 0.3) is 0 Å². The van der Waals surface area contributed by atoms with Crippen molar-refractivity contribution in [3.8, 4) is 0 Å². The summed E-state index contributed by atoms with van der Waals surface area (Å²) in [7, 11) is 0. The molecule has 7 nitrogen and oxygen atoms in total. The van der Waals surface area contributed by atoms with E-state index in [0.29, 0.717) is 5.75 Å². The van der Waals surface area contributed by atoms with Gasteiger partial charge in [-0.1, -0.05) is 53.7 Å². The van der Waals surface area contributed by atoms with Crippen molar-refractivity contribution in [2.75, 3.05) is 17.2 Å². The molecule has 1 saturated heterocycles. The molecule has 9 heteroatoms. The van der Waals surface area contributed by atoms with Gasteiger partial charge in [0.15, 0.2) is 5.17 Å². The maximum absolute atomic E-state index is 13.0. The zero-order valence-corrected chi connectivity index (χ0v) is 19.6. The maximum Gasteiger partial charge on any atom is 0.237 e. The van der Waals surface area contributed by atoms with Gasteiger partial charge in [-0.2, -0.15) is 5.10 Å². The van der Waals surface area contributed by atoms with Crippen LogP contribution in [0.3, 0.4) is 0 Å². The van der Waals surface area contributed by atoms with Crippen LogP contribution in [-0.2, 0) is 11.2 Å². The number of carbonyl (C=O) groups is 1. The van der Waals surface area contributed by atoms with E-state index in [2.05, 4.69) is 50.3 Å². The van der Waals surface area contributed by atoms with Crippen molar-refractivity contribution in [2.24, 2.45) is 5.10 Å². The fourth-order valence-electron chi connectivity index (χ4n) is 5.06. The molecule has 2 N–H and O–H groups in total. The van der Waals surface area contributed by atoms with Gasteiger partial charge in [0.25, 0.3) is 0 Å². The largest absolute Gasteiger partial charge is 0.311 e. The van der Waals surface area contributed by atoms with Gasteiger partial charge in [0.1, 0.15) is 6.17 Å². The first kappa shape index (κ1) is 20.9. The van der Waals surface area contributed by atoms with Crippen LogP contribution in [0.5, 0.6) is 0 Å². The number of amides is 1. The van der Waals surface area contributed by atoms with Gasteiger partial charge in [0, 0.05) is 29.7 Å². The molecule has 0 aliphatic carbocycles. The van der Waals surface area contributed by atoms with Crippen LogP contribution >= 0.6 is 23.4 Å².